The van der Waals surface area contributed by atoms with Gasteiger partial charge in [0.05, 0.1) is 18.6 Å². The predicted octanol–water partition coefficient (Wildman–Crippen LogP) is 1.79. The Bertz CT molecular complexity index is 482. The van der Waals surface area contributed by atoms with Gasteiger partial charge in [-0.2, -0.15) is 8.42 Å². The van der Waals surface area contributed by atoms with Crippen molar-refractivity contribution in [3.63, 3.8) is 0 Å². The van der Waals surface area contributed by atoms with Crippen molar-refractivity contribution in [2.45, 2.75) is 13.3 Å². The van der Waals surface area contributed by atoms with Gasteiger partial charge in [0, 0.05) is 6.42 Å². The average Bonchev–Trinajstić information content (AvgIpc) is 2.39. The zero-order valence-corrected chi connectivity index (χ0v) is 11.3. The van der Waals surface area contributed by atoms with E-state index in [9.17, 15) is 8.42 Å². The van der Waals surface area contributed by atoms with Gasteiger partial charge in [0.15, 0.2) is 0 Å². The molecule has 0 saturated carbocycles. The lowest BCUT2D eigenvalue weighted by Crippen LogP contribution is -2.09. The molecule has 0 amide bonds. The molecule has 1 aromatic rings. The number of hydrogen-bond acceptors (Lipinski definition) is 5. The van der Waals surface area contributed by atoms with Gasteiger partial charge in [-0.15, -0.1) is 0 Å². The van der Waals surface area contributed by atoms with Gasteiger partial charge in [0.2, 0.25) is 0 Å². The van der Waals surface area contributed by atoms with Crippen molar-refractivity contribution in [3.8, 4) is 0 Å². The largest absolute Gasteiger partial charge is 0.396 e. The number of oxime groups is 1. The quantitative estimate of drug-likeness (QED) is 0.328. The molecule has 5 nitrogen and oxygen atoms in total. The topological polar surface area (TPSA) is 65.0 Å². The molecule has 0 spiro atoms. The van der Waals surface area contributed by atoms with Crippen LogP contribution in [-0.4, -0.2) is 33.6 Å². The normalized spacial score (nSPS) is 12.4. The Balaban J connectivity index is 2.33. The van der Waals surface area contributed by atoms with E-state index in [4.69, 9.17) is 4.84 Å². The number of rotatable bonds is 7. The molecule has 0 saturated heterocycles. The SMILES string of the molecule is COS(=O)(=O)CCCO/N=C(\C)c1ccccc1. The van der Waals surface area contributed by atoms with Crippen LogP contribution < -0.4 is 0 Å². The second kappa shape index (κ2) is 7.13. The van der Waals surface area contributed by atoms with Gasteiger partial charge in [-0.1, -0.05) is 35.5 Å². The van der Waals surface area contributed by atoms with Crippen molar-refractivity contribution in [1.29, 1.82) is 0 Å². The van der Waals surface area contributed by atoms with E-state index in [-0.39, 0.29) is 12.4 Å². The molecule has 0 aliphatic heterocycles. The lowest BCUT2D eigenvalue weighted by Gasteiger charge is -2.02. The molecule has 0 fully saturated rings. The fraction of sp³-hybridized carbons (Fsp3) is 0.417. The van der Waals surface area contributed by atoms with Crippen molar-refractivity contribution in [2.75, 3.05) is 19.5 Å². The molecule has 0 radical (unpaired) electrons. The maximum atomic E-state index is 11.0. The smallest absolute Gasteiger partial charge is 0.267 e. The summed E-state index contributed by atoms with van der Waals surface area (Å²) in [6, 6.07) is 9.61. The molecule has 100 valence electrons. The summed E-state index contributed by atoms with van der Waals surface area (Å²) in [5, 5.41) is 3.92. The Morgan fingerprint density at radius 3 is 2.56 bits per heavy atom. The zero-order valence-electron chi connectivity index (χ0n) is 10.5. The van der Waals surface area contributed by atoms with Crippen molar-refractivity contribution in [2.24, 2.45) is 5.16 Å². The maximum Gasteiger partial charge on any atom is 0.267 e. The van der Waals surface area contributed by atoms with E-state index in [0.717, 1.165) is 18.4 Å². The highest BCUT2D eigenvalue weighted by Gasteiger charge is 2.07. The van der Waals surface area contributed by atoms with Gasteiger partial charge >= 0.3 is 0 Å². The van der Waals surface area contributed by atoms with Gasteiger partial charge in [-0.3, -0.25) is 4.18 Å². The van der Waals surface area contributed by atoms with E-state index in [1.54, 1.807) is 0 Å². The van der Waals surface area contributed by atoms with Crippen LogP contribution in [0.5, 0.6) is 0 Å². The molecule has 18 heavy (non-hydrogen) atoms. The molecule has 1 rings (SSSR count). The molecule has 0 heterocycles. The molecule has 6 heteroatoms. The maximum absolute atomic E-state index is 11.0. The van der Waals surface area contributed by atoms with E-state index in [2.05, 4.69) is 9.34 Å². The highest BCUT2D eigenvalue weighted by molar-refractivity contribution is 7.86. The third kappa shape index (κ3) is 5.29. The summed E-state index contributed by atoms with van der Waals surface area (Å²) >= 11 is 0. The first kappa shape index (κ1) is 14.7. The van der Waals surface area contributed by atoms with E-state index < -0.39 is 10.1 Å². The molecule has 0 unspecified atom stereocenters. The molecular weight excluding hydrogens is 254 g/mol. The van der Waals surface area contributed by atoms with Crippen molar-refractivity contribution >= 4 is 15.8 Å². The summed E-state index contributed by atoms with van der Waals surface area (Å²) < 4.78 is 26.3. The van der Waals surface area contributed by atoms with E-state index in [0.29, 0.717) is 6.42 Å². The first-order valence-electron chi connectivity index (χ1n) is 5.55. The van der Waals surface area contributed by atoms with E-state index in [1.165, 1.54) is 0 Å². The van der Waals surface area contributed by atoms with Gasteiger partial charge in [-0.05, 0) is 12.5 Å². The second-order valence-electron chi connectivity index (χ2n) is 3.66. The minimum atomic E-state index is -3.40. The third-order valence-corrected chi connectivity index (χ3v) is 3.57. The van der Waals surface area contributed by atoms with Crippen molar-refractivity contribution < 1.29 is 17.4 Å². The minimum absolute atomic E-state index is 0.0661. The Morgan fingerprint density at radius 2 is 1.94 bits per heavy atom. The standard InChI is InChI=1S/C12H17NO4S/c1-11(12-7-4-3-5-8-12)13-17-9-6-10-18(14,15)16-2/h3-5,7-8H,6,9-10H2,1-2H3/b13-11+. The van der Waals surface area contributed by atoms with E-state index in [1.807, 2.05) is 37.3 Å². The Morgan fingerprint density at radius 1 is 1.28 bits per heavy atom. The molecule has 1 aromatic carbocycles. The summed E-state index contributed by atoms with van der Waals surface area (Å²) in [4.78, 5) is 5.06. The minimum Gasteiger partial charge on any atom is -0.396 e. The highest BCUT2D eigenvalue weighted by atomic mass is 32.2. The fourth-order valence-corrected chi connectivity index (χ4v) is 1.90. The molecule has 0 bridgehead atoms. The third-order valence-electron chi connectivity index (χ3n) is 2.28. The average molecular weight is 271 g/mol. The summed E-state index contributed by atoms with van der Waals surface area (Å²) in [6.45, 7) is 2.08. The molecule has 0 aromatic heterocycles. The molecular formula is C12H17NO4S. The zero-order chi connectivity index (χ0) is 13.4. The number of hydrogen-bond donors (Lipinski definition) is 0. The van der Waals surface area contributed by atoms with E-state index >= 15 is 0 Å². The van der Waals surface area contributed by atoms with Crippen LogP contribution in [0.1, 0.15) is 18.9 Å². The Labute approximate surface area is 108 Å². The van der Waals surface area contributed by atoms with Crippen LogP contribution in [0.15, 0.2) is 35.5 Å². The molecule has 0 aliphatic rings. The van der Waals surface area contributed by atoms with Crippen molar-refractivity contribution in [3.05, 3.63) is 35.9 Å². The molecule has 0 aliphatic carbocycles. The lowest BCUT2D eigenvalue weighted by molar-refractivity contribution is 0.145. The van der Waals surface area contributed by atoms with Crippen LogP contribution in [0.3, 0.4) is 0 Å². The van der Waals surface area contributed by atoms with Crippen LogP contribution in [-0.2, 0) is 19.1 Å². The first-order valence-corrected chi connectivity index (χ1v) is 7.13. The number of nitrogens with zero attached hydrogens (tertiary/aromatic N) is 1. The fourth-order valence-electron chi connectivity index (χ4n) is 1.26. The summed E-state index contributed by atoms with van der Waals surface area (Å²) in [5.74, 6) is -0.0661. The summed E-state index contributed by atoms with van der Waals surface area (Å²) in [5.41, 5.74) is 1.73. The van der Waals surface area contributed by atoms with Crippen LogP contribution in [0.2, 0.25) is 0 Å². The second-order valence-corrected chi connectivity index (χ2v) is 5.51. The molecule has 0 N–H and O–H groups in total. The monoisotopic (exact) mass is 271 g/mol. The van der Waals surface area contributed by atoms with Crippen LogP contribution in [0, 0.1) is 0 Å². The van der Waals surface area contributed by atoms with Crippen LogP contribution in [0.25, 0.3) is 0 Å². The number of benzene rings is 1. The molecule has 0 atom stereocenters. The predicted molar refractivity (Wildman–Crippen MR) is 70.0 cm³/mol. The van der Waals surface area contributed by atoms with Crippen molar-refractivity contribution in [1.82, 2.24) is 0 Å². The summed E-state index contributed by atoms with van der Waals surface area (Å²) in [6.07, 6.45) is 0.349. The highest BCUT2D eigenvalue weighted by Crippen LogP contribution is 2.01. The Hall–Kier alpha value is -1.40. The van der Waals surface area contributed by atoms with Gasteiger partial charge in [-0.25, -0.2) is 0 Å². The summed E-state index contributed by atoms with van der Waals surface area (Å²) in [7, 11) is -2.25. The Kier molecular flexibility index (Phi) is 5.80. The lowest BCUT2D eigenvalue weighted by atomic mass is 10.1. The van der Waals surface area contributed by atoms with Gasteiger partial charge < -0.3 is 4.84 Å². The van der Waals surface area contributed by atoms with Crippen LogP contribution in [0.4, 0.5) is 0 Å². The van der Waals surface area contributed by atoms with Crippen LogP contribution >= 0.6 is 0 Å². The van der Waals surface area contributed by atoms with Gasteiger partial charge in [0.25, 0.3) is 10.1 Å². The van der Waals surface area contributed by atoms with Gasteiger partial charge in [0.1, 0.15) is 6.61 Å². The first-order chi connectivity index (χ1) is 8.55.